The van der Waals surface area contributed by atoms with Gasteiger partial charge in [0.05, 0.1) is 0 Å². The maximum atomic E-state index is 5.78. The van der Waals surface area contributed by atoms with Crippen molar-refractivity contribution in [1.29, 1.82) is 0 Å². The van der Waals surface area contributed by atoms with Gasteiger partial charge in [-0.3, -0.25) is 4.72 Å². The molecule has 10 heavy (non-hydrogen) atoms. The largest absolute Gasteiger partial charge is 0.402 e. The molecule has 0 bridgehead atoms. The molecule has 54 valence electrons. The zero-order valence-electron chi connectivity index (χ0n) is 5.58. The summed E-state index contributed by atoms with van der Waals surface area (Å²) in [7, 11) is 0. The first-order valence-electron chi connectivity index (χ1n) is 3.40. The second-order valence-electron chi connectivity index (χ2n) is 2.59. The molecule has 1 aliphatic heterocycles. The first-order valence-corrected chi connectivity index (χ1v) is 4.28. The zero-order valence-corrected chi connectivity index (χ0v) is 6.40. The average molecular weight is 154 g/mol. The SMILES string of the molecule is NC1=CC=CC2SNCC12. The molecule has 0 amide bonds. The molecule has 3 heteroatoms. The quantitative estimate of drug-likeness (QED) is 0.503. The molecule has 3 N–H and O–H groups in total. The van der Waals surface area contributed by atoms with E-state index in [0.29, 0.717) is 11.2 Å². The number of nitrogens with one attached hydrogen (secondary N) is 1. The highest BCUT2D eigenvalue weighted by molar-refractivity contribution is 7.98. The van der Waals surface area contributed by atoms with Crippen LogP contribution in [0.5, 0.6) is 0 Å². The van der Waals surface area contributed by atoms with E-state index in [1.165, 1.54) is 0 Å². The monoisotopic (exact) mass is 154 g/mol. The van der Waals surface area contributed by atoms with Gasteiger partial charge in [-0.2, -0.15) is 0 Å². The Kier molecular flexibility index (Phi) is 1.47. The Morgan fingerprint density at radius 3 is 3.40 bits per heavy atom. The zero-order chi connectivity index (χ0) is 6.97. The number of allylic oxidation sites excluding steroid dienone is 2. The van der Waals surface area contributed by atoms with Crippen LogP contribution >= 0.6 is 11.9 Å². The number of nitrogens with two attached hydrogens (primary N) is 1. The highest BCUT2D eigenvalue weighted by Gasteiger charge is 2.28. The summed E-state index contributed by atoms with van der Waals surface area (Å²) in [5.74, 6) is 0.537. The van der Waals surface area contributed by atoms with Crippen molar-refractivity contribution in [3.63, 3.8) is 0 Å². The summed E-state index contributed by atoms with van der Waals surface area (Å²) in [6, 6.07) is 0. The first kappa shape index (κ1) is 6.31. The van der Waals surface area contributed by atoms with Crippen LogP contribution in [0.15, 0.2) is 23.9 Å². The minimum atomic E-state index is 0.537. The standard InChI is InChI=1S/C7H10N2S/c8-6-2-1-3-7-5(6)4-9-10-7/h1-3,5,7,9H,4,8H2. The highest BCUT2D eigenvalue weighted by atomic mass is 32.2. The average Bonchev–Trinajstić information content (AvgIpc) is 2.36. The van der Waals surface area contributed by atoms with Crippen LogP contribution in [-0.4, -0.2) is 11.8 Å². The minimum absolute atomic E-state index is 0.537. The van der Waals surface area contributed by atoms with Crippen LogP contribution in [0.3, 0.4) is 0 Å². The lowest BCUT2D eigenvalue weighted by molar-refractivity contribution is 0.650. The van der Waals surface area contributed by atoms with Crippen LogP contribution in [0.25, 0.3) is 0 Å². The fourth-order valence-corrected chi connectivity index (χ4v) is 2.37. The summed E-state index contributed by atoms with van der Waals surface area (Å²) in [5, 5.41) is 0.574. The maximum Gasteiger partial charge on any atom is 0.0471 e. The van der Waals surface area contributed by atoms with E-state index in [1.54, 1.807) is 11.9 Å². The fourth-order valence-electron chi connectivity index (χ4n) is 1.31. The Balaban J connectivity index is 2.24. The summed E-state index contributed by atoms with van der Waals surface area (Å²) in [5.41, 5.74) is 6.79. The van der Waals surface area contributed by atoms with Crippen molar-refractivity contribution in [3.8, 4) is 0 Å². The third-order valence-corrected chi connectivity index (χ3v) is 3.03. The Hall–Kier alpha value is -0.410. The Bertz CT molecular complexity index is 198. The molecule has 2 aliphatic rings. The number of rotatable bonds is 0. The topological polar surface area (TPSA) is 38.0 Å². The van der Waals surface area contributed by atoms with Gasteiger partial charge in [-0.1, -0.05) is 24.1 Å². The Labute approximate surface area is 64.7 Å². The van der Waals surface area contributed by atoms with Gasteiger partial charge < -0.3 is 5.73 Å². The molecule has 1 aliphatic carbocycles. The summed E-state index contributed by atoms with van der Waals surface area (Å²) in [6.45, 7) is 1.02. The fraction of sp³-hybridized carbons (Fsp3) is 0.429. The third kappa shape index (κ3) is 0.859. The van der Waals surface area contributed by atoms with Crippen molar-refractivity contribution in [1.82, 2.24) is 4.72 Å². The predicted molar refractivity (Wildman–Crippen MR) is 44.3 cm³/mol. The van der Waals surface area contributed by atoms with Gasteiger partial charge in [0, 0.05) is 23.4 Å². The van der Waals surface area contributed by atoms with Gasteiger partial charge in [-0.15, -0.1) is 0 Å². The Morgan fingerprint density at radius 2 is 2.60 bits per heavy atom. The first-order chi connectivity index (χ1) is 4.88. The molecule has 2 unspecified atom stereocenters. The van der Waals surface area contributed by atoms with Gasteiger partial charge in [0.1, 0.15) is 0 Å². The van der Waals surface area contributed by atoms with E-state index in [-0.39, 0.29) is 0 Å². The van der Waals surface area contributed by atoms with E-state index in [0.717, 1.165) is 12.2 Å². The van der Waals surface area contributed by atoms with Gasteiger partial charge >= 0.3 is 0 Å². The van der Waals surface area contributed by atoms with Crippen molar-refractivity contribution >= 4 is 11.9 Å². The minimum Gasteiger partial charge on any atom is -0.402 e. The molecule has 0 spiro atoms. The molecule has 0 aromatic carbocycles. The van der Waals surface area contributed by atoms with Gasteiger partial charge in [0.2, 0.25) is 0 Å². The van der Waals surface area contributed by atoms with Gasteiger partial charge in [0.25, 0.3) is 0 Å². The van der Waals surface area contributed by atoms with Crippen LogP contribution in [-0.2, 0) is 0 Å². The number of hydrogen-bond donors (Lipinski definition) is 2. The number of hydrogen-bond acceptors (Lipinski definition) is 3. The molecule has 2 rings (SSSR count). The molecule has 2 atom stereocenters. The van der Waals surface area contributed by atoms with E-state index in [9.17, 15) is 0 Å². The van der Waals surface area contributed by atoms with Crippen LogP contribution in [0, 0.1) is 5.92 Å². The number of fused-ring (bicyclic) bond motifs is 1. The molecule has 0 radical (unpaired) electrons. The lowest BCUT2D eigenvalue weighted by atomic mass is 9.97. The Morgan fingerprint density at radius 1 is 1.70 bits per heavy atom. The lowest BCUT2D eigenvalue weighted by Crippen LogP contribution is -2.23. The van der Waals surface area contributed by atoms with E-state index in [4.69, 9.17) is 5.73 Å². The second kappa shape index (κ2) is 2.32. The lowest BCUT2D eigenvalue weighted by Gasteiger charge is -2.16. The molecule has 1 fully saturated rings. The highest BCUT2D eigenvalue weighted by Crippen LogP contribution is 2.30. The van der Waals surface area contributed by atoms with Crippen molar-refractivity contribution in [2.45, 2.75) is 5.25 Å². The molecule has 0 aromatic rings. The van der Waals surface area contributed by atoms with Crippen LogP contribution in [0.2, 0.25) is 0 Å². The molecule has 1 heterocycles. The van der Waals surface area contributed by atoms with Gasteiger partial charge in [0.15, 0.2) is 0 Å². The van der Waals surface area contributed by atoms with E-state index in [2.05, 4.69) is 10.8 Å². The maximum absolute atomic E-state index is 5.78. The van der Waals surface area contributed by atoms with Gasteiger partial charge in [-0.05, 0) is 6.08 Å². The van der Waals surface area contributed by atoms with E-state index >= 15 is 0 Å². The van der Waals surface area contributed by atoms with Crippen molar-refractivity contribution in [3.05, 3.63) is 23.9 Å². The summed E-state index contributed by atoms with van der Waals surface area (Å²) >= 11 is 1.77. The van der Waals surface area contributed by atoms with Crippen LogP contribution < -0.4 is 10.5 Å². The molecule has 1 saturated heterocycles. The molecule has 0 aromatic heterocycles. The second-order valence-corrected chi connectivity index (χ2v) is 3.66. The summed E-state index contributed by atoms with van der Waals surface area (Å²) in [6.07, 6.45) is 6.23. The van der Waals surface area contributed by atoms with Crippen molar-refractivity contribution < 1.29 is 0 Å². The molecular weight excluding hydrogens is 144 g/mol. The smallest absolute Gasteiger partial charge is 0.0471 e. The normalized spacial score (nSPS) is 37.4. The van der Waals surface area contributed by atoms with Crippen molar-refractivity contribution in [2.24, 2.45) is 11.7 Å². The van der Waals surface area contributed by atoms with E-state index in [1.807, 2.05) is 12.2 Å². The van der Waals surface area contributed by atoms with Gasteiger partial charge in [-0.25, -0.2) is 0 Å². The summed E-state index contributed by atoms with van der Waals surface area (Å²) in [4.78, 5) is 0. The molecule has 0 saturated carbocycles. The summed E-state index contributed by atoms with van der Waals surface area (Å²) < 4.78 is 3.24. The van der Waals surface area contributed by atoms with Crippen LogP contribution in [0.1, 0.15) is 0 Å². The molecule has 2 nitrogen and oxygen atoms in total. The van der Waals surface area contributed by atoms with E-state index < -0.39 is 0 Å². The third-order valence-electron chi connectivity index (χ3n) is 1.94. The van der Waals surface area contributed by atoms with Crippen LogP contribution in [0.4, 0.5) is 0 Å². The van der Waals surface area contributed by atoms with Crippen molar-refractivity contribution in [2.75, 3.05) is 6.54 Å². The predicted octanol–water partition coefficient (Wildman–Crippen LogP) is 0.635. The molecular formula is C7H10N2S.